The number of nitro groups is 1. The number of nitro benzene ring substituents is 1. The summed E-state index contributed by atoms with van der Waals surface area (Å²) in [6, 6.07) is 14.1. The maximum Gasteiger partial charge on any atom is 0.319 e. The van der Waals surface area contributed by atoms with Crippen LogP contribution in [0.3, 0.4) is 0 Å². The summed E-state index contributed by atoms with van der Waals surface area (Å²) in [7, 11) is 0. The maximum atomic E-state index is 11.9. The van der Waals surface area contributed by atoms with E-state index in [4.69, 9.17) is 0 Å². The van der Waals surface area contributed by atoms with Crippen LogP contribution in [0.1, 0.15) is 25.0 Å². The lowest BCUT2D eigenvalue weighted by atomic mass is 10.0. The zero-order valence-corrected chi connectivity index (χ0v) is 13.2. The average molecular weight is 329 g/mol. The molecule has 2 rings (SSSR count). The van der Waals surface area contributed by atoms with Crippen molar-refractivity contribution in [3.63, 3.8) is 0 Å². The van der Waals surface area contributed by atoms with Gasteiger partial charge in [0, 0.05) is 23.9 Å². The molecule has 2 amide bonds. The van der Waals surface area contributed by atoms with Crippen molar-refractivity contribution in [2.75, 3.05) is 5.32 Å². The second-order valence-corrected chi connectivity index (χ2v) is 5.47. The van der Waals surface area contributed by atoms with Gasteiger partial charge in [0.15, 0.2) is 0 Å². The van der Waals surface area contributed by atoms with Crippen molar-refractivity contribution < 1.29 is 14.8 Å². The molecule has 0 aliphatic rings. The number of non-ortho nitro benzene ring substituents is 1. The molecular formula is C17H19N3O4. The number of nitrogens with one attached hydrogen (secondary N) is 2. The van der Waals surface area contributed by atoms with Crippen molar-refractivity contribution in [2.45, 2.75) is 25.5 Å². The molecule has 2 atom stereocenters. The van der Waals surface area contributed by atoms with Crippen LogP contribution in [0.4, 0.5) is 16.2 Å². The van der Waals surface area contributed by atoms with E-state index >= 15 is 0 Å². The van der Waals surface area contributed by atoms with E-state index in [0.29, 0.717) is 12.1 Å². The molecule has 0 heterocycles. The third-order valence-corrected chi connectivity index (χ3v) is 3.47. The lowest BCUT2D eigenvalue weighted by molar-refractivity contribution is -0.384. The second-order valence-electron chi connectivity index (χ2n) is 5.47. The first-order chi connectivity index (χ1) is 11.5. The summed E-state index contributed by atoms with van der Waals surface area (Å²) in [6.07, 6.45) is -0.293. The Kier molecular flexibility index (Phi) is 5.86. The molecule has 0 aliphatic heterocycles. The molecule has 2 aromatic carbocycles. The predicted octanol–water partition coefficient (Wildman–Crippen LogP) is 3.23. The van der Waals surface area contributed by atoms with Gasteiger partial charge in [-0.05, 0) is 31.0 Å². The van der Waals surface area contributed by atoms with Crippen molar-refractivity contribution in [1.29, 1.82) is 0 Å². The van der Waals surface area contributed by atoms with E-state index < -0.39 is 17.1 Å². The number of rotatable bonds is 6. The molecule has 7 heteroatoms. The van der Waals surface area contributed by atoms with E-state index in [1.54, 1.807) is 6.92 Å². The molecule has 7 nitrogen and oxygen atoms in total. The minimum absolute atomic E-state index is 0.0414. The number of carbonyl (C=O) groups is 1. The first-order valence-corrected chi connectivity index (χ1v) is 7.50. The summed E-state index contributed by atoms with van der Waals surface area (Å²) in [6.45, 7) is 1.79. The zero-order valence-electron chi connectivity index (χ0n) is 13.2. The number of nitrogens with zero attached hydrogens (tertiary/aromatic N) is 1. The van der Waals surface area contributed by atoms with E-state index in [-0.39, 0.29) is 11.7 Å². The van der Waals surface area contributed by atoms with Crippen molar-refractivity contribution >= 4 is 17.4 Å². The van der Waals surface area contributed by atoms with Crippen molar-refractivity contribution in [2.24, 2.45) is 0 Å². The van der Waals surface area contributed by atoms with Crippen LogP contribution in [-0.4, -0.2) is 22.1 Å². The fourth-order valence-electron chi connectivity index (χ4n) is 2.26. The van der Waals surface area contributed by atoms with Gasteiger partial charge < -0.3 is 15.7 Å². The lowest BCUT2D eigenvalue weighted by Crippen LogP contribution is -2.37. The molecule has 24 heavy (non-hydrogen) atoms. The second kappa shape index (κ2) is 8.07. The Balaban J connectivity index is 1.84. The first kappa shape index (κ1) is 17.4. The first-order valence-electron chi connectivity index (χ1n) is 7.50. The summed E-state index contributed by atoms with van der Waals surface area (Å²) in [4.78, 5) is 22.0. The van der Waals surface area contributed by atoms with Crippen LogP contribution in [0, 0.1) is 10.1 Å². The molecule has 126 valence electrons. The SMILES string of the molecule is CC(CC(O)c1ccccc1)NC(=O)Nc1ccc([N+](=O)[O-])cc1. The Bertz CT molecular complexity index is 689. The molecule has 0 radical (unpaired) electrons. The standard InChI is InChI=1S/C17H19N3O4/c1-12(11-16(21)13-5-3-2-4-6-13)18-17(22)19-14-7-9-15(10-8-14)20(23)24/h2-10,12,16,21H,11H2,1H3,(H2,18,19,22). The highest BCUT2D eigenvalue weighted by Crippen LogP contribution is 2.18. The van der Waals surface area contributed by atoms with Crippen LogP contribution < -0.4 is 10.6 Å². The van der Waals surface area contributed by atoms with E-state index in [1.807, 2.05) is 30.3 Å². The van der Waals surface area contributed by atoms with Gasteiger partial charge in [0.2, 0.25) is 0 Å². The number of anilines is 1. The van der Waals surface area contributed by atoms with Gasteiger partial charge in [0.25, 0.3) is 5.69 Å². The van der Waals surface area contributed by atoms with E-state index in [2.05, 4.69) is 10.6 Å². The third kappa shape index (κ3) is 5.06. The highest BCUT2D eigenvalue weighted by Gasteiger charge is 2.14. The number of urea groups is 1. The molecule has 0 saturated carbocycles. The Morgan fingerprint density at radius 1 is 1.17 bits per heavy atom. The summed E-state index contributed by atoms with van der Waals surface area (Å²) < 4.78 is 0. The van der Waals surface area contributed by atoms with Crippen molar-refractivity contribution in [1.82, 2.24) is 5.32 Å². The average Bonchev–Trinajstić information content (AvgIpc) is 2.55. The Morgan fingerprint density at radius 2 is 1.79 bits per heavy atom. The van der Waals surface area contributed by atoms with Crippen LogP contribution >= 0.6 is 0 Å². The highest BCUT2D eigenvalue weighted by atomic mass is 16.6. The topological polar surface area (TPSA) is 104 Å². The molecule has 0 spiro atoms. The van der Waals surface area contributed by atoms with E-state index in [1.165, 1.54) is 24.3 Å². The van der Waals surface area contributed by atoms with Crippen molar-refractivity contribution in [3.05, 3.63) is 70.3 Å². The molecule has 0 aromatic heterocycles. The molecule has 0 saturated heterocycles. The van der Waals surface area contributed by atoms with Gasteiger partial charge >= 0.3 is 6.03 Å². The van der Waals surface area contributed by atoms with Crippen LogP contribution in [0.5, 0.6) is 0 Å². The number of hydrogen-bond donors (Lipinski definition) is 3. The number of hydrogen-bond acceptors (Lipinski definition) is 4. The molecule has 0 aliphatic carbocycles. The normalized spacial score (nSPS) is 12.9. The van der Waals surface area contributed by atoms with Crippen molar-refractivity contribution in [3.8, 4) is 0 Å². The molecule has 0 bridgehead atoms. The summed E-state index contributed by atoms with van der Waals surface area (Å²) in [5.41, 5.74) is 1.20. The number of amides is 2. The van der Waals surface area contributed by atoms with Gasteiger partial charge in [0.05, 0.1) is 11.0 Å². The number of aliphatic hydroxyl groups is 1. The maximum absolute atomic E-state index is 11.9. The van der Waals surface area contributed by atoms with Crippen LogP contribution in [0.15, 0.2) is 54.6 Å². The van der Waals surface area contributed by atoms with E-state index in [0.717, 1.165) is 5.56 Å². The number of carbonyl (C=O) groups excluding carboxylic acids is 1. The molecule has 2 aromatic rings. The largest absolute Gasteiger partial charge is 0.388 e. The Labute approximate surface area is 139 Å². The van der Waals surface area contributed by atoms with Gasteiger partial charge in [0.1, 0.15) is 0 Å². The van der Waals surface area contributed by atoms with Crippen LogP contribution in [0.25, 0.3) is 0 Å². The number of aliphatic hydroxyl groups excluding tert-OH is 1. The molecule has 0 fully saturated rings. The smallest absolute Gasteiger partial charge is 0.319 e. The fraction of sp³-hybridized carbons (Fsp3) is 0.235. The minimum atomic E-state index is -0.666. The van der Waals surface area contributed by atoms with E-state index in [9.17, 15) is 20.0 Å². The quantitative estimate of drug-likeness (QED) is 0.559. The summed E-state index contributed by atoms with van der Waals surface area (Å²) >= 11 is 0. The predicted molar refractivity (Wildman–Crippen MR) is 90.7 cm³/mol. The molecule has 2 unspecified atom stereocenters. The Hall–Kier alpha value is -2.93. The highest BCUT2D eigenvalue weighted by molar-refractivity contribution is 5.89. The van der Waals surface area contributed by atoms with Gasteiger partial charge in [-0.1, -0.05) is 30.3 Å². The minimum Gasteiger partial charge on any atom is -0.388 e. The van der Waals surface area contributed by atoms with Gasteiger partial charge in [-0.25, -0.2) is 4.79 Å². The third-order valence-electron chi connectivity index (χ3n) is 3.47. The van der Waals surface area contributed by atoms with Crippen LogP contribution in [0.2, 0.25) is 0 Å². The summed E-state index contributed by atoms with van der Waals surface area (Å²) in [5, 5.41) is 26.0. The fourth-order valence-corrected chi connectivity index (χ4v) is 2.26. The lowest BCUT2D eigenvalue weighted by Gasteiger charge is -2.18. The van der Waals surface area contributed by atoms with Crippen LogP contribution in [-0.2, 0) is 0 Å². The Morgan fingerprint density at radius 3 is 2.38 bits per heavy atom. The van der Waals surface area contributed by atoms with Gasteiger partial charge in [-0.15, -0.1) is 0 Å². The molecule has 3 N–H and O–H groups in total. The van der Waals surface area contributed by atoms with Gasteiger partial charge in [-0.2, -0.15) is 0 Å². The summed E-state index contributed by atoms with van der Waals surface area (Å²) in [5.74, 6) is 0. The van der Waals surface area contributed by atoms with Gasteiger partial charge in [-0.3, -0.25) is 10.1 Å². The zero-order chi connectivity index (χ0) is 17.5. The number of benzene rings is 2. The molecular weight excluding hydrogens is 310 g/mol. The monoisotopic (exact) mass is 329 g/mol.